The zero-order chi connectivity index (χ0) is 17.6. The van der Waals surface area contributed by atoms with Crippen molar-refractivity contribution in [1.82, 2.24) is 24.8 Å². The highest BCUT2D eigenvalue weighted by molar-refractivity contribution is 5.76. The molecule has 1 aromatic heterocycles. The molecular formula is C18H31N5O2. The molecule has 7 nitrogen and oxygen atoms in total. The molecule has 2 aliphatic rings. The molecule has 0 unspecified atom stereocenters. The van der Waals surface area contributed by atoms with Crippen LogP contribution < -0.4 is 0 Å². The molecule has 0 radical (unpaired) electrons. The SMILES string of the molecule is CN(C)C(=O)COCc1nnn2c1CN(CC1CCCCC1)CCC2. The predicted octanol–water partition coefficient (Wildman–Crippen LogP) is 1.67. The number of amides is 1. The van der Waals surface area contributed by atoms with Crippen molar-refractivity contribution in [1.29, 1.82) is 0 Å². The Kier molecular flexibility index (Phi) is 6.42. The van der Waals surface area contributed by atoms with Gasteiger partial charge in [0.15, 0.2) is 0 Å². The maximum Gasteiger partial charge on any atom is 0.248 e. The second kappa shape index (κ2) is 8.76. The van der Waals surface area contributed by atoms with E-state index in [1.165, 1.54) is 43.5 Å². The number of hydrogen-bond acceptors (Lipinski definition) is 5. The van der Waals surface area contributed by atoms with Crippen LogP contribution in [0.2, 0.25) is 0 Å². The molecule has 0 N–H and O–H groups in total. The highest BCUT2D eigenvalue weighted by Crippen LogP contribution is 2.26. The normalized spacial score (nSPS) is 19.4. The predicted molar refractivity (Wildman–Crippen MR) is 94.8 cm³/mol. The second-order valence-electron chi connectivity index (χ2n) is 7.58. The molecule has 2 heterocycles. The van der Waals surface area contributed by atoms with Gasteiger partial charge in [-0.3, -0.25) is 9.69 Å². The lowest BCUT2D eigenvalue weighted by Crippen LogP contribution is -2.31. The summed E-state index contributed by atoms with van der Waals surface area (Å²) >= 11 is 0. The second-order valence-corrected chi connectivity index (χ2v) is 7.58. The zero-order valence-corrected chi connectivity index (χ0v) is 15.6. The summed E-state index contributed by atoms with van der Waals surface area (Å²) in [7, 11) is 3.47. The lowest BCUT2D eigenvalue weighted by atomic mass is 9.89. The standard InChI is InChI=1S/C18H31N5O2/c1-21(2)18(24)14-25-13-16-17-12-22(9-6-10-23(17)20-19-16)11-15-7-4-3-5-8-15/h15H,3-14H2,1-2H3. The van der Waals surface area contributed by atoms with Crippen LogP contribution in [0.1, 0.15) is 49.9 Å². The van der Waals surface area contributed by atoms with Crippen LogP contribution in [0.15, 0.2) is 0 Å². The fraction of sp³-hybridized carbons (Fsp3) is 0.833. The van der Waals surface area contributed by atoms with E-state index in [4.69, 9.17) is 4.74 Å². The summed E-state index contributed by atoms with van der Waals surface area (Å²) in [5, 5.41) is 8.59. The third-order valence-electron chi connectivity index (χ3n) is 5.34. The van der Waals surface area contributed by atoms with E-state index in [1.807, 2.05) is 4.68 Å². The Labute approximate surface area is 150 Å². The summed E-state index contributed by atoms with van der Waals surface area (Å²) in [5.74, 6) is 0.811. The van der Waals surface area contributed by atoms with Crippen LogP contribution >= 0.6 is 0 Å². The van der Waals surface area contributed by atoms with Crippen LogP contribution in [0.25, 0.3) is 0 Å². The smallest absolute Gasteiger partial charge is 0.248 e. The number of aryl methyl sites for hydroxylation is 1. The molecular weight excluding hydrogens is 318 g/mol. The molecule has 7 heteroatoms. The number of hydrogen-bond donors (Lipinski definition) is 0. The average molecular weight is 349 g/mol. The van der Waals surface area contributed by atoms with Crippen molar-refractivity contribution in [2.45, 2.75) is 58.2 Å². The van der Waals surface area contributed by atoms with Crippen molar-refractivity contribution < 1.29 is 9.53 Å². The maximum atomic E-state index is 11.6. The van der Waals surface area contributed by atoms with Gasteiger partial charge in [-0.05, 0) is 25.2 Å². The van der Waals surface area contributed by atoms with Gasteiger partial charge in [0, 0.05) is 40.3 Å². The van der Waals surface area contributed by atoms with Gasteiger partial charge in [0.1, 0.15) is 12.3 Å². The van der Waals surface area contributed by atoms with Crippen molar-refractivity contribution in [2.24, 2.45) is 5.92 Å². The Balaban J connectivity index is 1.57. The number of carbonyl (C=O) groups excluding carboxylic acids is 1. The lowest BCUT2D eigenvalue weighted by molar-refractivity contribution is -0.134. The summed E-state index contributed by atoms with van der Waals surface area (Å²) in [6, 6.07) is 0. The topological polar surface area (TPSA) is 63.5 Å². The van der Waals surface area contributed by atoms with Gasteiger partial charge in [-0.1, -0.05) is 24.5 Å². The molecule has 25 heavy (non-hydrogen) atoms. The molecule has 0 atom stereocenters. The molecule has 140 valence electrons. The Bertz CT molecular complexity index is 566. The summed E-state index contributed by atoms with van der Waals surface area (Å²) in [6.45, 7) is 4.56. The van der Waals surface area contributed by atoms with Gasteiger partial charge in [0.25, 0.3) is 0 Å². The number of rotatable bonds is 6. The number of carbonyl (C=O) groups is 1. The van der Waals surface area contributed by atoms with Gasteiger partial charge in [-0.25, -0.2) is 4.68 Å². The molecule has 0 aromatic carbocycles. The third kappa shape index (κ3) is 5.01. The zero-order valence-electron chi connectivity index (χ0n) is 15.6. The lowest BCUT2D eigenvalue weighted by Gasteiger charge is -2.28. The van der Waals surface area contributed by atoms with Crippen LogP contribution in [-0.4, -0.2) is 64.5 Å². The number of likely N-dealkylation sites (N-methyl/N-ethyl adjacent to an activating group) is 1. The van der Waals surface area contributed by atoms with Crippen LogP contribution in [0.5, 0.6) is 0 Å². The minimum absolute atomic E-state index is 0.0304. The van der Waals surface area contributed by atoms with Gasteiger partial charge < -0.3 is 9.64 Å². The Morgan fingerprint density at radius 1 is 1.20 bits per heavy atom. The minimum atomic E-state index is -0.0304. The van der Waals surface area contributed by atoms with Crippen molar-refractivity contribution in [3.8, 4) is 0 Å². The quantitative estimate of drug-likeness (QED) is 0.782. The summed E-state index contributed by atoms with van der Waals surface area (Å²) in [4.78, 5) is 15.7. The molecule has 0 bridgehead atoms. The van der Waals surface area contributed by atoms with E-state index in [0.29, 0.717) is 6.61 Å². The summed E-state index contributed by atoms with van der Waals surface area (Å²) in [6.07, 6.45) is 8.03. The Morgan fingerprint density at radius 3 is 2.76 bits per heavy atom. The maximum absolute atomic E-state index is 11.6. The van der Waals surface area contributed by atoms with Crippen LogP contribution in [0, 0.1) is 5.92 Å². The van der Waals surface area contributed by atoms with E-state index >= 15 is 0 Å². The number of ether oxygens (including phenoxy) is 1. The molecule has 1 aliphatic heterocycles. The molecule has 1 aromatic rings. The largest absolute Gasteiger partial charge is 0.365 e. The van der Waals surface area contributed by atoms with E-state index in [9.17, 15) is 4.79 Å². The summed E-state index contributed by atoms with van der Waals surface area (Å²) < 4.78 is 7.59. The Morgan fingerprint density at radius 2 is 2.00 bits per heavy atom. The molecule has 1 aliphatic carbocycles. The number of fused-ring (bicyclic) bond motifs is 1. The first-order valence-electron chi connectivity index (χ1n) is 9.55. The van der Waals surface area contributed by atoms with Crippen molar-refractivity contribution in [2.75, 3.05) is 33.8 Å². The van der Waals surface area contributed by atoms with Crippen LogP contribution in [0.4, 0.5) is 0 Å². The first-order valence-corrected chi connectivity index (χ1v) is 9.55. The van der Waals surface area contributed by atoms with E-state index in [1.54, 1.807) is 14.1 Å². The van der Waals surface area contributed by atoms with E-state index in [0.717, 1.165) is 43.4 Å². The molecule has 0 spiro atoms. The first kappa shape index (κ1) is 18.3. The van der Waals surface area contributed by atoms with Crippen molar-refractivity contribution in [3.63, 3.8) is 0 Å². The summed E-state index contributed by atoms with van der Waals surface area (Å²) in [5.41, 5.74) is 2.03. The van der Waals surface area contributed by atoms with E-state index in [2.05, 4.69) is 15.2 Å². The highest BCUT2D eigenvalue weighted by Gasteiger charge is 2.23. The molecule has 1 fully saturated rings. The first-order chi connectivity index (χ1) is 12.1. The Hall–Kier alpha value is -1.47. The molecule has 0 saturated heterocycles. The number of aromatic nitrogens is 3. The van der Waals surface area contributed by atoms with Crippen LogP contribution in [-0.2, 0) is 29.2 Å². The van der Waals surface area contributed by atoms with E-state index < -0.39 is 0 Å². The average Bonchev–Trinajstić information content (AvgIpc) is 2.86. The van der Waals surface area contributed by atoms with Crippen molar-refractivity contribution in [3.05, 3.63) is 11.4 Å². The van der Waals surface area contributed by atoms with Gasteiger partial charge >= 0.3 is 0 Å². The number of nitrogens with zero attached hydrogens (tertiary/aromatic N) is 5. The van der Waals surface area contributed by atoms with Crippen LogP contribution in [0.3, 0.4) is 0 Å². The van der Waals surface area contributed by atoms with Gasteiger partial charge in [-0.2, -0.15) is 0 Å². The fourth-order valence-corrected chi connectivity index (χ4v) is 3.82. The molecule has 3 rings (SSSR count). The fourth-order valence-electron chi connectivity index (χ4n) is 3.82. The van der Waals surface area contributed by atoms with E-state index in [-0.39, 0.29) is 12.5 Å². The van der Waals surface area contributed by atoms with Gasteiger partial charge in [-0.15, -0.1) is 5.10 Å². The third-order valence-corrected chi connectivity index (χ3v) is 5.34. The van der Waals surface area contributed by atoms with Gasteiger partial charge in [0.05, 0.1) is 12.3 Å². The molecule has 1 saturated carbocycles. The van der Waals surface area contributed by atoms with Gasteiger partial charge in [0.2, 0.25) is 5.91 Å². The minimum Gasteiger partial charge on any atom is -0.365 e. The van der Waals surface area contributed by atoms with Crippen molar-refractivity contribution >= 4 is 5.91 Å². The molecule has 1 amide bonds. The highest BCUT2D eigenvalue weighted by atomic mass is 16.5. The monoisotopic (exact) mass is 349 g/mol.